The van der Waals surface area contributed by atoms with Gasteiger partial charge in [0.15, 0.2) is 17.5 Å². The first-order valence-corrected chi connectivity index (χ1v) is 6.25. The summed E-state index contributed by atoms with van der Waals surface area (Å²) in [4.78, 5) is 6.49. The van der Waals surface area contributed by atoms with Crippen LogP contribution in [-0.2, 0) is 0 Å². The summed E-state index contributed by atoms with van der Waals surface area (Å²) in [5.41, 5.74) is 7.10. The van der Waals surface area contributed by atoms with Gasteiger partial charge in [0.25, 0.3) is 0 Å². The minimum atomic E-state index is 0.222. The molecule has 0 radical (unpaired) electrons. The van der Waals surface area contributed by atoms with E-state index in [0.717, 1.165) is 24.5 Å². The first kappa shape index (κ1) is 11.2. The van der Waals surface area contributed by atoms with Gasteiger partial charge in [-0.25, -0.2) is 0 Å². The lowest BCUT2D eigenvalue weighted by molar-refractivity contribution is 0.174. The molecule has 2 heterocycles. The SMILES string of the molecule is CCCN1C(N)=NCC1c1ccc2c(c1)OCO2. The summed E-state index contributed by atoms with van der Waals surface area (Å²) < 4.78 is 10.7. The highest BCUT2D eigenvalue weighted by Crippen LogP contribution is 2.36. The number of ether oxygens (including phenoxy) is 2. The van der Waals surface area contributed by atoms with Crippen molar-refractivity contribution in [1.82, 2.24) is 4.90 Å². The number of aliphatic imine (C=N–C) groups is 1. The number of nitrogens with zero attached hydrogens (tertiary/aromatic N) is 2. The first-order valence-electron chi connectivity index (χ1n) is 6.25. The van der Waals surface area contributed by atoms with E-state index in [4.69, 9.17) is 15.2 Å². The van der Waals surface area contributed by atoms with E-state index in [1.165, 1.54) is 5.56 Å². The van der Waals surface area contributed by atoms with Gasteiger partial charge in [0.05, 0.1) is 12.6 Å². The number of fused-ring (bicyclic) bond motifs is 1. The molecule has 1 atom stereocenters. The Morgan fingerprint density at radius 3 is 3.06 bits per heavy atom. The number of guanidine groups is 1. The van der Waals surface area contributed by atoms with Crippen LogP contribution in [0.15, 0.2) is 23.2 Å². The Kier molecular flexibility index (Phi) is 2.74. The molecule has 0 aliphatic carbocycles. The zero-order valence-electron chi connectivity index (χ0n) is 10.4. The summed E-state index contributed by atoms with van der Waals surface area (Å²) in [6, 6.07) is 6.27. The minimum Gasteiger partial charge on any atom is -0.454 e. The standard InChI is InChI=1S/C13H17N3O2/c1-2-5-16-10(7-15-13(16)14)9-3-4-11-12(6-9)18-8-17-11/h3-4,6,10H,2,5,7-8H2,1H3,(H2,14,15). The largest absolute Gasteiger partial charge is 0.454 e. The van der Waals surface area contributed by atoms with Crippen LogP contribution in [0.1, 0.15) is 24.9 Å². The van der Waals surface area contributed by atoms with Crippen molar-refractivity contribution in [1.29, 1.82) is 0 Å². The summed E-state index contributed by atoms with van der Waals surface area (Å²) >= 11 is 0. The molecule has 1 aromatic carbocycles. The zero-order chi connectivity index (χ0) is 12.5. The van der Waals surface area contributed by atoms with E-state index in [-0.39, 0.29) is 6.04 Å². The topological polar surface area (TPSA) is 60.1 Å². The third-order valence-electron chi connectivity index (χ3n) is 3.34. The van der Waals surface area contributed by atoms with E-state index in [2.05, 4.69) is 22.9 Å². The molecule has 5 heteroatoms. The molecule has 1 aromatic rings. The van der Waals surface area contributed by atoms with E-state index < -0.39 is 0 Å². The number of benzene rings is 1. The Morgan fingerprint density at radius 1 is 1.39 bits per heavy atom. The third-order valence-corrected chi connectivity index (χ3v) is 3.34. The Labute approximate surface area is 106 Å². The molecule has 0 bridgehead atoms. The van der Waals surface area contributed by atoms with Crippen LogP contribution in [0.2, 0.25) is 0 Å². The Bertz CT molecular complexity index is 487. The number of nitrogens with two attached hydrogens (primary N) is 1. The van der Waals surface area contributed by atoms with Crippen molar-refractivity contribution in [2.75, 3.05) is 19.9 Å². The average molecular weight is 247 g/mol. The zero-order valence-corrected chi connectivity index (χ0v) is 10.4. The lowest BCUT2D eigenvalue weighted by Gasteiger charge is -2.26. The molecule has 0 fully saturated rings. The van der Waals surface area contributed by atoms with Crippen molar-refractivity contribution in [3.8, 4) is 11.5 Å². The highest BCUT2D eigenvalue weighted by atomic mass is 16.7. The van der Waals surface area contributed by atoms with Crippen molar-refractivity contribution >= 4 is 5.96 Å². The molecule has 3 rings (SSSR count). The van der Waals surface area contributed by atoms with Gasteiger partial charge < -0.3 is 20.1 Å². The van der Waals surface area contributed by atoms with Gasteiger partial charge in [-0.1, -0.05) is 13.0 Å². The molecule has 5 nitrogen and oxygen atoms in total. The maximum atomic E-state index is 5.93. The number of hydrogen-bond acceptors (Lipinski definition) is 5. The van der Waals surface area contributed by atoms with E-state index in [1.54, 1.807) is 0 Å². The summed E-state index contributed by atoms with van der Waals surface area (Å²) in [6.45, 7) is 4.09. The molecule has 2 aliphatic heterocycles. The van der Waals surface area contributed by atoms with Crippen LogP contribution in [0.4, 0.5) is 0 Å². The van der Waals surface area contributed by atoms with Gasteiger partial charge in [-0.05, 0) is 24.1 Å². The Balaban J connectivity index is 1.86. The summed E-state index contributed by atoms with van der Waals surface area (Å²) in [7, 11) is 0. The number of hydrogen-bond donors (Lipinski definition) is 1. The fourth-order valence-corrected chi connectivity index (χ4v) is 2.45. The van der Waals surface area contributed by atoms with Gasteiger partial charge >= 0.3 is 0 Å². The summed E-state index contributed by atoms with van der Waals surface area (Å²) in [5.74, 6) is 2.27. The van der Waals surface area contributed by atoms with E-state index in [9.17, 15) is 0 Å². The third kappa shape index (κ3) is 1.75. The monoisotopic (exact) mass is 247 g/mol. The quantitative estimate of drug-likeness (QED) is 0.879. The van der Waals surface area contributed by atoms with Crippen LogP contribution in [-0.4, -0.2) is 30.7 Å². The van der Waals surface area contributed by atoms with Crippen molar-refractivity contribution < 1.29 is 9.47 Å². The van der Waals surface area contributed by atoms with Gasteiger partial charge in [-0.3, -0.25) is 4.99 Å². The molecule has 1 unspecified atom stereocenters. The first-order chi connectivity index (χ1) is 8.79. The predicted octanol–water partition coefficient (Wildman–Crippen LogP) is 1.50. The van der Waals surface area contributed by atoms with Crippen molar-refractivity contribution in [2.24, 2.45) is 10.7 Å². The van der Waals surface area contributed by atoms with Crippen molar-refractivity contribution in [3.05, 3.63) is 23.8 Å². The normalized spacial score (nSPS) is 21.3. The molecular formula is C13H17N3O2. The van der Waals surface area contributed by atoms with Gasteiger partial charge in [0, 0.05) is 6.54 Å². The molecule has 2 aliphatic rings. The smallest absolute Gasteiger partial charge is 0.231 e. The second-order valence-electron chi connectivity index (χ2n) is 4.52. The predicted molar refractivity (Wildman–Crippen MR) is 68.8 cm³/mol. The van der Waals surface area contributed by atoms with Crippen LogP contribution in [0, 0.1) is 0 Å². The van der Waals surface area contributed by atoms with Crippen LogP contribution in [0.5, 0.6) is 11.5 Å². The minimum absolute atomic E-state index is 0.222. The Morgan fingerprint density at radius 2 is 2.22 bits per heavy atom. The van der Waals surface area contributed by atoms with E-state index in [1.807, 2.05) is 12.1 Å². The average Bonchev–Trinajstić information content (AvgIpc) is 2.97. The lowest BCUT2D eigenvalue weighted by Crippen LogP contribution is -2.36. The van der Waals surface area contributed by atoms with Gasteiger partial charge in [-0.2, -0.15) is 0 Å². The lowest BCUT2D eigenvalue weighted by atomic mass is 10.1. The Hall–Kier alpha value is -1.91. The molecule has 0 amide bonds. The maximum Gasteiger partial charge on any atom is 0.231 e. The summed E-state index contributed by atoms with van der Waals surface area (Å²) in [5, 5.41) is 0. The van der Waals surface area contributed by atoms with E-state index >= 15 is 0 Å². The van der Waals surface area contributed by atoms with Gasteiger partial charge in [-0.15, -0.1) is 0 Å². The van der Waals surface area contributed by atoms with E-state index in [0.29, 0.717) is 19.3 Å². The summed E-state index contributed by atoms with van der Waals surface area (Å²) in [6.07, 6.45) is 1.05. The molecule has 0 saturated carbocycles. The highest BCUT2D eigenvalue weighted by molar-refractivity contribution is 5.80. The van der Waals surface area contributed by atoms with Crippen molar-refractivity contribution in [2.45, 2.75) is 19.4 Å². The van der Waals surface area contributed by atoms with Crippen LogP contribution < -0.4 is 15.2 Å². The van der Waals surface area contributed by atoms with Gasteiger partial charge in [0.2, 0.25) is 6.79 Å². The molecule has 96 valence electrons. The maximum absolute atomic E-state index is 5.93. The van der Waals surface area contributed by atoms with Crippen molar-refractivity contribution in [3.63, 3.8) is 0 Å². The molecular weight excluding hydrogens is 230 g/mol. The molecule has 0 aromatic heterocycles. The number of rotatable bonds is 3. The second kappa shape index (κ2) is 4.40. The fourth-order valence-electron chi connectivity index (χ4n) is 2.45. The van der Waals surface area contributed by atoms with Gasteiger partial charge in [0.1, 0.15) is 0 Å². The molecule has 2 N–H and O–H groups in total. The molecule has 0 spiro atoms. The second-order valence-corrected chi connectivity index (χ2v) is 4.52. The fraction of sp³-hybridized carbons (Fsp3) is 0.462. The van der Waals surface area contributed by atoms with Crippen LogP contribution in [0.3, 0.4) is 0 Å². The molecule has 0 saturated heterocycles. The molecule has 18 heavy (non-hydrogen) atoms. The highest BCUT2D eigenvalue weighted by Gasteiger charge is 2.28. The van der Waals surface area contributed by atoms with Crippen LogP contribution in [0.25, 0.3) is 0 Å². The van der Waals surface area contributed by atoms with Crippen LogP contribution >= 0.6 is 0 Å².